The van der Waals surface area contributed by atoms with Crippen LogP contribution in [-0.2, 0) is 0 Å². The first kappa shape index (κ1) is 15.4. The van der Waals surface area contributed by atoms with Crippen LogP contribution in [0.4, 0.5) is 0 Å². The van der Waals surface area contributed by atoms with Crippen LogP contribution in [0.2, 0.25) is 0 Å². The maximum Gasteiger partial charge on any atom is 0.173 e. The van der Waals surface area contributed by atoms with Crippen molar-refractivity contribution in [2.24, 2.45) is 0 Å². The molecule has 0 saturated heterocycles. The summed E-state index contributed by atoms with van der Waals surface area (Å²) in [7, 11) is 1.64. The van der Waals surface area contributed by atoms with E-state index in [9.17, 15) is 4.79 Å². The van der Waals surface area contributed by atoms with Gasteiger partial charge in [0.15, 0.2) is 10.9 Å². The molecule has 0 atom stereocenters. The summed E-state index contributed by atoms with van der Waals surface area (Å²) in [6.45, 7) is 0. The van der Waals surface area contributed by atoms with Crippen LogP contribution in [0.3, 0.4) is 0 Å². The Balaban J connectivity index is 1.72. The van der Waals surface area contributed by atoms with Crippen LogP contribution in [0.25, 0.3) is 5.69 Å². The zero-order valence-electron chi connectivity index (χ0n) is 12.7. The quantitative estimate of drug-likeness (QED) is 0.510. The van der Waals surface area contributed by atoms with Crippen molar-refractivity contribution >= 4 is 17.5 Å². The molecule has 0 unspecified atom stereocenters. The van der Waals surface area contributed by atoms with Crippen LogP contribution >= 0.6 is 11.8 Å². The highest BCUT2D eigenvalue weighted by molar-refractivity contribution is 7.99. The average molecular weight is 324 g/mol. The van der Waals surface area contributed by atoms with Crippen molar-refractivity contribution in [3.05, 3.63) is 72.6 Å². The molecule has 0 aliphatic carbocycles. The number of hydrogen-bond donors (Lipinski definition) is 0. The Labute approximate surface area is 139 Å². The molecule has 4 nitrogen and oxygen atoms in total. The third-order valence-electron chi connectivity index (χ3n) is 3.39. The molecule has 5 heteroatoms. The summed E-state index contributed by atoms with van der Waals surface area (Å²) in [4.78, 5) is 16.5. The number of benzene rings is 2. The molecule has 0 aliphatic heterocycles. The lowest BCUT2D eigenvalue weighted by Crippen LogP contribution is -2.03. The monoisotopic (exact) mass is 324 g/mol. The van der Waals surface area contributed by atoms with E-state index in [1.54, 1.807) is 13.3 Å². The Morgan fingerprint density at radius 2 is 1.87 bits per heavy atom. The van der Waals surface area contributed by atoms with Crippen molar-refractivity contribution in [3.63, 3.8) is 0 Å². The van der Waals surface area contributed by atoms with Crippen LogP contribution in [0, 0.1) is 0 Å². The summed E-state index contributed by atoms with van der Waals surface area (Å²) in [5.74, 6) is 1.26. The molecule has 0 bridgehead atoms. The molecule has 0 N–H and O–H groups in total. The molecule has 1 aromatic heterocycles. The minimum absolute atomic E-state index is 0.0971. The van der Waals surface area contributed by atoms with Crippen LogP contribution in [0.1, 0.15) is 10.4 Å². The Morgan fingerprint density at radius 1 is 1.13 bits per heavy atom. The molecule has 116 valence electrons. The normalized spacial score (nSPS) is 10.5. The summed E-state index contributed by atoms with van der Waals surface area (Å²) in [5, 5.41) is 0.791. The SMILES string of the molecule is COc1ccc(-n2ccnc2SCC(=O)c2ccccc2)cc1. The van der Waals surface area contributed by atoms with E-state index in [1.165, 1.54) is 11.8 Å². The number of carbonyl (C=O) groups excluding carboxylic acids is 1. The second kappa shape index (κ2) is 7.15. The topological polar surface area (TPSA) is 44.1 Å². The van der Waals surface area contributed by atoms with Gasteiger partial charge in [-0.3, -0.25) is 9.36 Å². The van der Waals surface area contributed by atoms with Gasteiger partial charge in [-0.2, -0.15) is 0 Å². The van der Waals surface area contributed by atoms with E-state index in [-0.39, 0.29) is 5.78 Å². The summed E-state index contributed by atoms with van der Waals surface area (Å²) in [6.07, 6.45) is 3.62. The summed E-state index contributed by atoms with van der Waals surface area (Å²) in [5.41, 5.74) is 1.71. The third-order valence-corrected chi connectivity index (χ3v) is 4.35. The van der Waals surface area contributed by atoms with Crippen molar-refractivity contribution in [1.29, 1.82) is 0 Å². The lowest BCUT2D eigenvalue weighted by atomic mass is 10.2. The number of aromatic nitrogens is 2. The predicted octanol–water partition coefficient (Wildman–Crippen LogP) is 3.86. The molecule has 0 spiro atoms. The number of carbonyl (C=O) groups is 1. The van der Waals surface area contributed by atoms with E-state index >= 15 is 0 Å². The van der Waals surface area contributed by atoms with E-state index in [1.807, 2.05) is 65.4 Å². The first-order chi connectivity index (χ1) is 11.3. The second-order valence-electron chi connectivity index (χ2n) is 4.86. The van der Waals surface area contributed by atoms with Crippen molar-refractivity contribution in [3.8, 4) is 11.4 Å². The molecule has 3 aromatic rings. The Bertz CT molecular complexity index is 782. The fraction of sp³-hybridized carbons (Fsp3) is 0.111. The summed E-state index contributed by atoms with van der Waals surface area (Å²) >= 11 is 1.43. The van der Waals surface area contributed by atoms with Gasteiger partial charge in [-0.05, 0) is 24.3 Å². The van der Waals surface area contributed by atoms with Gasteiger partial charge in [-0.25, -0.2) is 4.98 Å². The van der Waals surface area contributed by atoms with E-state index in [2.05, 4.69) is 4.98 Å². The van der Waals surface area contributed by atoms with E-state index in [0.717, 1.165) is 22.2 Å². The lowest BCUT2D eigenvalue weighted by Gasteiger charge is -2.08. The molecule has 1 heterocycles. The number of methoxy groups -OCH3 is 1. The number of ether oxygens (including phenoxy) is 1. The van der Waals surface area contributed by atoms with Crippen LogP contribution in [0.5, 0.6) is 5.75 Å². The van der Waals surface area contributed by atoms with Gasteiger partial charge in [-0.1, -0.05) is 42.1 Å². The highest BCUT2D eigenvalue weighted by atomic mass is 32.2. The smallest absolute Gasteiger partial charge is 0.173 e. The number of thioether (sulfide) groups is 1. The van der Waals surface area contributed by atoms with Crippen molar-refractivity contribution in [2.75, 3.05) is 12.9 Å². The maximum atomic E-state index is 12.2. The van der Waals surface area contributed by atoms with Crippen LogP contribution in [-0.4, -0.2) is 28.2 Å². The van der Waals surface area contributed by atoms with Crippen molar-refractivity contribution in [1.82, 2.24) is 9.55 Å². The van der Waals surface area contributed by atoms with Crippen molar-refractivity contribution in [2.45, 2.75) is 5.16 Å². The minimum Gasteiger partial charge on any atom is -0.497 e. The number of nitrogens with zero attached hydrogens (tertiary/aromatic N) is 2. The Morgan fingerprint density at radius 3 is 2.57 bits per heavy atom. The zero-order valence-corrected chi connectivity index (χ0v) is 13.5. The fourth-order valence-electron chi connectivity index (χ4n) is 2.17. The first-order valence-corrected chi connectivity index (χ1v) is 8.15. The molecule has 0 radical (unpaired) electrons. The third kappa shape index (κ3) is 3.63. The van der Waals surface area contributed by atoms with E-state index < -0.39 is 0 Å². The molecule has 2 aromatic carbocycles. The first-order valence-electron chi connectivity index (χ1n) is 7.17. The van der Waals surface area contributed by atoms with Gasteiger partial charge in [0, 0.05) is 23.6 Å². The molecule has 0 fully saturated rings. The Kier molecular flexibility index (Phi) is 4.78. The highest BCUT2D eigenvalue weighted by Gasteiger charge is 2.10. The lowest BCUT2D eigenvalue weighted by molar-refractivity contribution is 0.102. The van der Waals surface area contributed by atoms with Crippen LogP contribution in [0.15, 0.2) is 72.1 Å². The van der Waals surface area contributed by atoms with Gasteiger partial charge < -0.3 is 4.74 Å². The van der Waals surface area contributed by atoms with Crippen LogP contribution < -0.4 is 4.74 Å². The maximum absolute atomic E-state index is 12.2. The van der Waals surface area contributed by atoms with Crippen molar-refractivity contribution < 1.29 is 9.53 Å². The molecular weight excluding hydrogens is 308 g/mol. The fourth-order valence-corrected chi connectivity index (χ4v) is 3.04. The van der Waals surface area contributed by atoms with Gasteiger partial charge in [0.2, 0.25) is 0 Å². The number of ketones is 1. The molecule has 0 aliphatic rings. The van der Waals surface area contributed by atoms with Gasteiger partial charge in [0.25, 0.3) is 0 Å². The predicted molar refractivity (Wildman–Crippen MR) is 91.6 cm³/mol. The molecule has 0 amide bonds. The molecule has 23 heavy (non-hydrogen) atoms. The minimum atomic E-state index is 0.0971. The average Bonchev–Trinajstić information content (AvgIpc) is 3.09. The van der Waals surface area contributed by atoms with E-state index in [0.29, 0.717) is 5.75 Å². The Hall–Kier alpha value is -2.53. The number of rotatable bonds is 6. The van der Waals surface area contributed by atoms with E-state index in [4.69, 9.17) is 4.74 Å². The van der Waals surface area contributed by atoms with Gasteiger partial charge >= 0.3 is 0 Å². The van der Waals surface area contributed by atoms with Gasteiger partial charge in [0.05, 0.1) is 12.9 Å². The standard InChI is InChI=1S/C18H16N2O2S/c1-22-16-9-7-15(8-10-16)20-12-11-19-18(20)23-13-17(21)14-5-3-2-4-6-14/h2-12H,13H2,1H3. The second-order valence-corrected chi connectivity index (χ2v) is 5.80. The highest BCUT2D eigenvalue weighted by Crippen LogP contribution is 2.23. The number of imidazole rings is 1. The molecular formula is C18H16N2O2S. The zero-order chi connectivity index (χ0) is 16.1. The summed E-state index contributed by atoms with van der Waals surface area (Å²) in [6, 6.07) is 17.0. The van der Waals surface area contributed by atoms with Gasteiger partial charge in [-0.15, -0.1) is 0 Å². The van der Waals surface area contributed by atoms with Gasteiger partial charge in [0.1, 0.15) is 5.75 Å². The number of Topliss-reactive ketones (excluding diaryl/α,β-unsaturated/α-hetero) is 1. The largest absolute Gasteiger partial charge is 0.497 e. The molecule has 0 saturated carbocycles. The number of hydrogen-bond acceptors (Lipinski definition) is 4. The molecule has 3 rings (SSSR count). The summed E-state index contributed by atoms with van der Waals surface area (Å²) < 4.78 is 7.13.